The number of ether oxygens (including phenoxy) is 1. The van der Waals surface area contributed by atoms with Gasteiger partial charge in [0.25, 0.3) is 0 Å². The van der Waals surface area contributed by atoms with Crippen LogP contribution in [-0.2, 0) is 5.75 Å². The summed E-state index contributed by atoms with van der Waals surface area (Å²) in [4.78, 5) is 0. The van der Waals surface area contributed by atoms with E-state index in [0.717, 1.165) is 33.7 Å². The average Bonchev–Trinajstić information content (AvgIpc) is 3.18. The Hall–Kier alpha value is -3.05. The van der Waals surface area contributed by atoms with Gasteiger partial charge in [0.2, 0.25) is 0 Å². The molecule has 4 aromatic rings. The molecule has 0 atom stereocenters. The molecule has 146 valence electrons. The van der Waals surface area contributed by atoms with Crippen molar-refractivity contribution in [3.05, 3.63) is 90.0 Å². The number of thioether (sulfide) groups is 1. The number of aromatic nitrogens is 3. The summed E-state index contributed by atoms with van der Waals surface area (Å²) in [6, 6.07) is 26.7. The van der Waals surface area contributed by atoms with Crippen molar-refractivity contribution in [2.75, 3.05) is 6.61 Å². The van der Waals surface area contributed by atoms with Crippen LogP contribution >= 0.6 is 11.8 Å². The molecule has 0 N–H and O–H groups in total. The molecule has 4 nitrogen and oxygen atoms in total. The van der Waals surface area contributed by atoms with Crippen LogP contribution in [0.2, 0.25) is 0 Å². The highest BCUT2D eigenvalue weighted by molar-refractivity contribution is 7.98. The summed E-state index contributed by atoms with van der Waals surface area (Å²) in [7, 11) is 0. The molecule has 29 heavy (non-hydrogen) atoms. The number of benzene rings is 3. The van der Waals surface area contributed by atoms with E-state index in [-0.39, 0.29) is 0 Å². The second-order valence-corrected chi connectivity index (χ2v) is 7.59. The molecule has 1 aromatic heterocycles. The van der Waals surface area contributed by atoms with Crippen LogP contribution in [0.3, 0.4) is 0 Å². The highest BCUT2D eigenvalue weighted by atomic mass is 32.2. The number of nitrogens with zero attached hydrogens (tertiary/aromatic N) is 3. The molecule has 0 aliphatic carbocycles. The molecular formula is C24H23N3OS. The van der Waals surface area contributed by atoms with Crippen molar-refractivity contribution in [2.45, 2.75) is 24.8 Å². The lowest BCUT2D eigenvalue weighted by molar-refractivity contribution is 0.340. The van der Waals surface area contributed by atoms with Gasteiger partial charge in [0.15, 0.2) is 11.0 Å². The third kappa shape index (κ3) is 4.35. The third-order valence-corrected chi connectivity index (χ3v) is 5.67. The van der Waals surface area contributed by atoms with Crippen LogP contribution in [0, 0.1) is 6.92 Å². The minimum atomic E-state index is 0.652. The molecule has 0 saturated carbocycles. The molecule has 4 rings (SSSR count). The second-order valence-electron chi connectivity index (χ2n) is 6.65. The van der Waals surface area contributed by atoms with E-state index in [2.05, 4.69) is 70.2 Å². The lowest BCUT2D eigenvalue weighted by Crippen LogP contribution is -2.00. The first kappa shape index (κ1) is 19.3. The standard InChI is InChI=1S/C24H23N3OS/c1-3-28-22-15-13-21(14-16-22)27-23(19-10-5-4-6-11-19)25-26-24(27)29-17-20-12-8-7-9-18(20)2/h4-16H,3,17H2,1-2H3. The largest absolute Gasteiger partial charge is 0.494 e. The maximum atomic E-state index is 5.60. The van der Waals surface area contributed by atoms with Crippen LogP contribution in [0.4, 0.5) is 0 Å². The summed E-state index contributed by atoms with van der Waals surface area (Å²) in [6.45, 7) is 4.78. The van der Waals surface area contributed by atoms with Crippen molar-refractivity contribution >= 4 is 11.8 Å². The molecule has 1 heterocycles. The van der Waals surface area contributed by atoms with Crippen LogP contribution < -0.4 is 4.74 Å². The fourth-order valence-electron chi connectivity index (χ4n) is 3.14. The second kappa shape index (κ2) is 8.97. The smallest absolute Gasteiger partial charge is 0.196 e. The fourth-order valence-corrected chi connectivity index (χ4v) is 4.17. The van der Waals surface area contributed by atoms with Crippen LogP contribution in [-0.4, -0.2) is 21.4 Å². The van der Waals surface area contributed by atoms with E-state index in [1.165, 1.54) is 11.1 Å². The Morgan fingerprint density at radius 3 is 2.31 bits per heavy atom. The Bertz CT molecular complexity index is 1070. The number of hydrogen-bond acceptors (Lipinski definition) is 4. The van der Waals surface area contributed by atoms with E-state index in [4.69, 9.17) is 4.74 Å². The maximum absolute atomic E-state index is 5.60. The molecule has 3 aromatic carbocycles. The molecular weight excluding hydrogens is 378 g/mol. The zero-order chi connectivity index (χ0) is 20.1. The van der Waals surface area contributed by atoms with Gasteiger partial charge in [-0.25, -0.2) is 0 Å². The van der Waals surface area contributed by atoms with Gasteiger partial charge in [-0.3, -0.25) is 4.57 Å². The average molecular weight is 402 g/mol. The first-order chi connectivity index (χ1) is 14.3. The monoisotopic (exact) mass is 401 g/mol. The fraction of sp³-hybridized carbons (Fsp3) is 0.167. The summed E-state index contributed by atoms with van der Waals surface area (Å²) >= 11 is 1.70. The number of hydrogen-bond donors (Lipinski definition) is 0. The quantitative estimate of drug-likeness (QED) is 0.360. The number of aryl methyl sites for hydroxylation is 1. The highest BCUT2D eigenvalue weighted by Crippen LogP contribution is 2.31. The van der Waals surface area contributed by atoms with Crippen LogP contribution in [0.25, 0.3) is 17.1 Å². The van der Waals surface area contributed by atoms with Gasteiger partial charge in [-0.15, -0.1) is 10.2 Å². The summed E-state index contributed by atoms with van der Waals surface area (Å²) < 4.78 is 7.72. The van der Waals surface area contributed by atoms with E-state index in [1.807, 2.05) is 37.3 Å². The summed E-state index contributed by atoms with van der Waals surface area (Å²) in [5.74, 6) is 2.54. The summed E-state index contributed by atoms with van der Waals surface area (Å²) in [5.41, 5.74) is 4.65. The molecule has 0 amide bonds. The molecule has 0 radical (unpaired) electrons. The first-order valence-electron chi connectivity index (χ1n) is 9.67. The van der Waals surface area contributed by atoms with E-state index >= 15 is 0 Å². The van der Waals surface area contributed by atoms with Crippen molar-refractivity contribution in [1.29, 1.82) is 0 Å². The molecule has 0 bridgehead atoms. The van der Waals surface area contributed by atoms with Crippen molar-refractivity contribution < 1.29 is 4.74 Å². The Morgan fingerprint density at radius 2 is 1.59 bits per heavy atom. The predicted octanol–water partition coefficient (Wildman–Crippen LogP) is 5.93. The van der Waals surface area contributed by atoms with Gasteiger partial charge in [0.1, 0.15) is 5.75 Å². The van der Waals surface area contributed by atoms with E-state index in [1.54, 1.807) is 11.8 Å². The first-order valence-corrected chi connectivity index (χ1v) is 10.7. The van der Waals surface area contributed by atoms with E-state index in [9.17, 15) is 0 Å². The van der Waals surface area contributed by atoms with Crippen LogP contribution in [0.15, 0.2) is 84.0 Å². The molecule has 0 aliphatic heterocycles. The SMILES string of the molecule is CCOc1ccc(-n2c(SCc3ccccc3C)nnc2-c2ccccc2)cc1. The Labute approximate surface area is 175 Å². The summed E-state index contributed by atoms with van der Waals surface area (Å²) in [6.07, 6.45) is 0. The van der Waals surface area contributed by atoms with Gasteiger partial charge >= 0.3 is 0 Å². The number of rotatable bonds is 7. The Kier molecular flexibility index (Phi) is 5.96. The minimum Gasteiger partial charge on any atom is -0.494 e. The van der Waals surface area contributed by atoms with Crippen molar-refractivity contribution in [3.8, 4) is 22.8 Å². The Balaban J connectivity index is 1.71. The molecule has 0 fully saturated rings. The lowest BCUT2D eigenvalue weighted by atomic mass is 10.1. The predicted molar refractivity (Wildman–Crippen MR) is 119 cm³/mol. The van der Waals surface area contributed by atoms with Crippen molar-refractivity contribution in [2.24, 2.45) is 0 Å². The molecule has 5 heteroatoms. The van der Waals surface area contributed by atoms with Gasteiger partial charge < -0.3 is 4.74 Å². The normalized spacial score (nSPS) is 10.8. The molecule has 0 saturated heterocycles. The maximum Gasteiger partial charge on any atom is 0.196 e. The third-order valence-electron chi connectivity index (χ3n) is 4.69. The summed E-state index contributed by atoms with van der Waals surface area (Å²) in [5, 5.41) is 9.91. The molecule has 0 aliphatic rings. The van der Waals surface area contributed by atoms with Gasteiger partial charge in [-0.2, -0.15) is 0 Å². The van der Waals surface area contributed by atoms with Crippen LogP contribution in [0.1, 0.15) is 18.1 Å². The lowest BCUT2D eigenvalue weighted by Gasteiger charge is -2.12. The van der Waals surface area contributed by atoms with Gasteiger partial charge in [0.05, 0.1) is 6.61 Å². The van der Waals surface area contributed by atoms with Crippen molar-refractivity contribution in [3.63, 3.8) is 0 Å². The zero-order valence-electron chi connectivity index (χ0n) is 16.6. The van der Waals surface area contributed by atoms with E-state index < -0.39 is 0 Å². The van der Waals surface area contributed by atoms with Gasteiger partial charge in [0, 0.05) is 17.0 Å². The molecule has 0 unspecified atom stereocenters. The zero-order valence-corrected chi connectivity index (χ0v) is 17.4. The van der Waals surface area contributed by atoms with Gasteiger partial charge in [-0.05, 0) is 49.2 Å². The van der Waals surface area contributed by atoms with Gasteiger partial charge in [-0.1, -0.05) is 66.4 Å². The van der Waals surface area contributed by atoms with Crippen molar-refractivity contribution in [1.82, 2.24) is 14.8 Å². The van der Waals surface area contributed by atoms with E-state index in [0.29, 0.717) is 6.61 Å². The topological polar surface area (TPSA) is 39.9 Å². The van der Waals surface area contributed by atoms with Crippen LogP contribution in [0.5, 0.6) is 5.75 Å². The Morgan fingerprint density at radius 1 is 0.862 bits per heavy atom. The highest BCUT2D eigenvalue weighted by Gasteiger charge is 2.16. The minimum absolute atomic E-state index is 0.652. The molecule has 0 spiro atoms.